The molecule has 0 unspecified atom stereocenters. The SMILES string of the molecule is COc1cc(OC[C@@H]2CCc3cc([C@H]4CC[C@](N)(COP(=O)(O)O)C4)ccc3C2)ccc1F. The van der Waals surface area contributed by atoms with Gasteiger partial charge in [-0.05, 0) is 79.2 Å². The Labute approximate surface area is 193 Å². The maximum Gasteiger partial charge on any atom is 0.469 e. The molecule has 0 aromatic heterocycles. The van der Waals surface area contributed by atoms with E-state index in [-0.39, 0.29) is 18.3 Å². The maximum absolute atomic E-state index is 13.6. The highest BCUT2D eigenvalue weighted by Gasteiger charge is 2.38. The van der Waals surface area contributed by atoms with Crippen LogP contribution in [0.25, 0.3) is 0 Å². The highest BCUT2D eigenvalue weighted by molar-refractivity contribution is 7.46. The molecule has 0 amide bonds. The van der Waals surface area contributed by atoms with Gasteiger partial charge in [0.25, 0.3) is 0 Å². The summed E-state index contributed by atoms with van der Waals surface area (Å²) in [4.78, 5) is 17.9. The Kier molecular flexibility index (Phi) is 7.12. The van der Waals surface area contributed by atoms with Crippen molar-refractivity contribution in [3.63, 3.8) is 0 Å². The molecule has 33 heavy (non-hydrogen) atoms. The third kappa shape index (κ3) is 6.14. The average Bonchev–Trinajstić information content (AvgIpc) is 3.19. The topological polar surface area (TPSA) is 111 Å². The van der Waals surface area contributed by atoms with Crippen LogP contribution < -0.4 is 15.2 Å². The Morgan fingerprint density at radius 2 is 2.00 bits per heavy atom. The van der Waals surface area contributed by atoms with Crippen LogP contribution in [0.15, 0.2) is 36.4 Å². The Morgan fingerprint density at radius 3 is 2.76 bits per heavy atom. The molecule has 4 N–H and O–H groups in total. The predicted molar refractivity (Wildman–Crippen MR) is 122 cm³/mol. The summed E-state index contributed by atoms with van der Waals surface area (Å²) < 4.78 is 40.2. The summed E-state index contributed by atoms with van der Waals surface area (Å²) in [5, 5.41) is 0. The summed E-state index contributed by atoms with van der Waals surface area (Å²) in [7, 11) is -3.09. The molecule has 180 valence electrons. The average molecular weight is 479 g/mol. The van der Waals surface area contributed by atoms with Gasteiger partial charge in [-0.1, -0.05) is 18.2 Å². The molecule has 7 nitrogen and oxygen atoms in total. The fourth-order valence-corrected chi connectivity index (χ4v) is 5.40. The molecule has 0 bridgehead atoms. The molecule has 3 atom stereocenters. The summed E-state index contributed by atoms with van der Waals surface area (Å²) in [6.45, 7) is 0.425. The summed E-state index contributed by atoms with van der Waals surface area (Å²) in [6.07, 6.45) is 5.08. The van der Waals surface area contributed by atoms with Crippen LogP contribution in [0.5, 0.6) is 11.5 Å². The smallest absolute Gasteiger partial charge is 0.469 e. The van der Waals surface area contributed by atoms with Crippen molar-refractivity contribution in [2.45, 2.75) is 50.0 Å². The normalized spacial score (nSPS) is 25.0. The van der Waals surface area contributed by atoms with E-state index in [1.165, 1.54) is 29.9 Å². The number of ether oxygens (including phenoxy) is 2. The first kappa shape index (κ1) is 24.2. The quantitative estimate of drug-likeness (QED) is 0.489. The van der Waals surface area contributed by atoms with Crippen LogP contribution in [0.4, 0.5) is 4.39 Å². The lowest BCUT2D eigenvalue weighted by Gasteiger charge is -2.27. The summed E-state index contributed by atoms with van der Waals surface area (Å²) >= 11 is 0. The molecular weight excluding hydrogens is 448 g/mol. The van der Waals surface area contributed by atoms with Gasteiger partial charge in [-0.3, -0.25) is 4.52 Å². The monoisotopic (exact) mass is 479 g/mol. The molecule has 4 rings (SSSR count). The first-order valence-corrected chi connectivity index (χ1v) is 12.7. The van der Waals surface area contributed by atoms with Crippen molar-refractivity contribution in [1.82, 2.24) is 0 Å². The van der Waals surface area contributed by atoms with Crippen LogP contribution in [0, 0.1) is 11.7 Å². The van der Waals surface area contributed by atoms with Crippen LogP contribution in [-0.2, 0) is 21.9 Å². The molecule has 1 saturated carbocycles. The first-order chi connectivity index (χ1) is 15.6. The van der Waals surface area contributed by atoms with Crippen molar-refractivity contribution >= 4 is 7.82 Å². The number of phosphoric ester groups is 1. The van der Waals surface area contributed by atoms with E-state index < -0.39 is 19.2 Å². The predicted octanol–water partition coefficient (Wildman–Crippen LogP) is 4.09. The van der Waals surface area contributed by atoms with Gasteiger partial charge in [0, 0.05) is 11.6 Å². The van der Waals surface area contributed by atoms with Gasteiger partial charge in [-0.2, -0.15) is 0 Å². The number of fused-ring (bicyclic) bond motifs is 1. The number of methoxy groups -OCH3 is 1. The molecule has 2 aliphatic rings. The highest BCUT2D eigenvalue weighted by Crippen LogP contribution is 2.44. The van der Waals surface area contributed by atoms with Gasteiger partial charge >= 0.3 is 7.82 Å². The second-order valence-corrected chi connectivity index (χ2v) is 10.5. The summed E-state index contributed by atoms with van der Waals surface area (Å²) in [5.74, 6) is 1.01. The van der Waals surface area contributed by atoms with Crippen LogP contribution in [-0.4, -0.2) is 35.6 Å². The Hall–Kier alpha value is -1.96. The molecule has 2 aromatic carbocycles. The number of halogens is 1. The third-order valence-electron chi connectivity index (χ3n) is 6.80. The zero-order valence-electron chi connectivity index (χ0n) is 18.7. The Balaban J connectivity index is 1.34. The van der Waals surface area contributed by atoms with Gasteiger partial charge < -0.3 is 25.0 Å². The second kappa shape index (κ2) is 9.72. The van der Waals surface area contributed by atoms with Crippen LogP contribution in [0.2, 0.25) is 0 Å². The molecular formula is C24H31FNO6P. The van der Waals surface area contributed by atoms with Gasteiger partial charge in [0.1, 0.15) is 5.75 Å². The lowest BCUT2D eigenvalue weighted by Crippen LogP contribution is -2.41. The minimum atomic E-state index is -4.52. The molecule has 2 aromatic rings. The number of phosphoric acid groups is 1. The number of nitrogens with two attached hydrogens (primary N) is 1. The fourth-order valence-electron chi connectivity index (χ4n) is 4.98. The van der Waals surface area contributed by atoms with Crippen molar-refractivity contribution in [1.29, 1.82) is 0 Å². The van der Waals surface area contributed by atoms with E-state index in [1.54, 1.807) is 12.1 Å². The number of benzene rings is 2. The van der Waals surface area contributed by atoms with Gasteiger partial charge in [0.05, 0.1) is 20.3 Å². The zero-order chi connectivity index (χ0) is 23.6. The van der Waals surface area contributed by atoms with Gasteiger partial charge in [0.15, 0.2) is 11.6 Å². The van der Waals surface area contributed by atoms with Crippen LogP contribution >= 0.6 is 7.82 Å². The maximum atomic E-state index is 13.6. The molecule has 2 aliphatic carbocycles. The van der Waals surface area contributed by atoms with E-state index in [2.05, 4.69) is 22.7 Å². The molecule has 0 heterocycles. The minimum absolute atomic E-state index is 0.139. The molecule has 9 heteroatoms. The number of hydrogen-bond acceptors (Lipinski definition) is 5. The van der Waals surface area contributed by atoms with E-state index in [0.29, 0.717) is 31.1 Å². The van der Waals surface area contributed by atoms with Crippen LogP contribution in [0.1, 0.15) is 48.3 Å². The molecule has 0 saturated heterocycles. The lowest BCUT2D eigenvalue weighted by atomic mass is 9.82. The van der Waals surface area contributed by atoms with Crippen molar-refractivity contribution in [3.05, 3.63) is 58.9 Å². The van der Waals surface area contributed by atoms with Crippen LogP contribution in [0.3, 0.4) is 0 Å². The van der Waals surface area contributed by atoms with E-state index >= 15 is 0 Å². The van der Waals surface area contributed by atoms with Crippen molar-refractivity contribution in [2.75, 3.05) is 20.3 Å². The number of rotatable bonds is 8. The largest absolute Gasteiger partial charge is 0.494 e. The van der Waals surface area contributed by atoms with E-state index in [0.717, 1.165) is 25.7 Å². The summed E-state index contributed by atoms with van der Waals surface area (Å²) in [6, 6.07) is 11.1. The Morgan fingerprint density at radius 1 is 1.18 bits per heavy atom. The summed E-state index contributed by atoms with van der Waals surface area (Å²) in [5.41, 5.74) is 9.52. The third-order valence-corrected chi connectivity index (χ3v) is 7.27. The van der Waals surface area contributed by atoms with E-state index in [4.69, 9.17) is 25.0 Å². The first-order valence-electron chi connectivity index (χ1n) is 11.2. The van der Waals surface area contributed by atoms with Gasteiger partial charge in [-0.25, -0.2) is 8.96 Å². The second-order valence-electron chi connectivity index (χ2n) is 9.31. The minimum Gasteiger partial charge on any atom is -0.494 e. The van der Waals surface area contributed by atoms with E-state index in [1.807, 2.05) is 0 Å². The van der Waals surface area contributed by atoms with E-state index in [9.17, 15) is 8.96 Å². The van der Waals surface area contributed by atoms with Gasteiger partial charge in [0.2, 0.25) is 0 Å². The highest BCUT2D eigenvalue weighted by atomic mass is 31.2. The number of hydrogen-bond donors (Lipinski definition) is 3. The number of aryl methyl sites for hydroxylation is 1. The molecule has 0 spiro atoms. The molecule has 0 aliphatic heterocycles. The molecule has 0 radical (unpaired) electrons. The fraction of sp³-hybridized carbons (Fsp3) is 0.500. The zero-order valence-corrected chi connectivity index (χ0v) is 19.6. The van der Waals surface area contributed by atoms with Gasteiger partial charge in [-0.15, -0.1) is 0 Å². The lowest BCUT2D eigenvalue weighted by molar-refractivity contribution is 0.153. The molecule has 1 fully saturated rings. The Bertz CT molecular complexity index is 1040. The van der Waals surface area contributed by atoms with Crippen molar-refractivity contribution in [3.8, 4) is 11.5 Å². The van der Waals surface area contributed by atoms with Crippen molar-refractivity contribution < 1.29 is 32.7 Å². The standard InChI is InChI=1S/C24H31FNO6P/c1-30-23-12-21(6-7-22(23)25)31-14-16-2-3-18-11-19(5-4-17(18)10-16)20-8-9-24(26,13-20)15-32-33(27,28)29/h4-7,11-12,16,20H,2-3,8-10,13-15,26H2,1H3,(H2,27,28,29)/t16-,20+,24-/m1/s1. The van der Waals surface area contributed by atoms with Crippen molar-refractivity contribution in [2.24, 2.45) is 11.7 Å².